The molecule has 0 aromatic carbocycles. The molecule has 0 N–H and O–H groups in total. The Morgan fingerprint density at radius 3 is 2.56 bits per heavy atom. The predicted octanol–water partition coefficient (Wildman–Crippen LogP) is 2.83. The topological polar surface area (TPSA) is 0 Å². The van der Waals surface area contributed by atoms with Crippen LogP contribution < -0.4 is 0 Å². The first kappa shape index (κ1) is 5.76. The van der Waals surface area contributed by atoms with Crippen LogP contribution in [-0.2, 0) is 0 Å². The molecule has 2 fully saturated rings. The van der Waals surface area contributed by atoms with Crippen molar-refractivity contribution in [3.63, 3.8) is 0 Å². The van der Waals surface area contributed by atoms with E-state index >= 15 is 0 Å². The van der Waals surface area contributed by atoms with Crippen molar-refractivity contribution in [2.45, 2.75) is 39.5 Å². The van der Waals surface area contributed by atoms with Gasteiger partial charge in [0, 0.05) is 0 Å². The Kier molecular flexibility index (Phi) is 0.980. The standard InChI is InChI=1S/C9H16/c1-3-9-5-4-7(2)8(9)6-9/h7-8H,3-6H2,1-2H3. The lowest BCUT2D eigenvalue weighted by Crippen LogP contribution is -1.94. The summed E-state index contributed by atoms with van der Waals surface area (Å²) in [5.41, 5.74) is 0.874. The van der Waals surface area contributed by atoms with Crippen LogP contribution in [0.4, 0.5) is 0 Å². The molecule has 2 aliphatic rings. The van der Waals surface area contributed by atoms with Crippen LogP contribution in [0.15, 0.2) is 0 Å². The summed E-state index contributed by atoms with van der Waals surface area (Å²) in [6.07, 6.45) is 6.06. The van der Waals surface area contributed by atoms with Crippen molar-refractivity contribution < 1.29 is 0 Å². The van der Waals surface area contributed by atoms with Crippen LogP contribution in [0, 0.1) is 17.3 Å². The Bertz CT molecular complexity index is 128. The van der Waals surface area contributed by atoms with Gasteiger partial charge >= 0.3 is 0 Å². The van der Waals surface area contributed by atoms with Crippen molar-refractivity contribution in [2.75, 3.05) is 0 Å². The fraction of sp³-hybridized carbons (Fsp3) is 1.00. The summed E-state index contributed by atoms with van der Waals surface area (Å²) in [5.74, 6) is 2.20. The summed E-state index contributed by atoms with van der Waals surface area (Å²) < 4.78 is 0. The second-order valence-electron chi connectivity index (χ2n) is 4.04. The average Bonchev–Trinajstić information content (AvgIpc) is 2.53. The van der Waals surface area contributed by atoms with E-state index in [0.717, 1.165) is 17.3 Å². The van der Waals surface area contributed by atoms with Crippen molar-refractivity contribution in [1.82, 2.24) is 0 Å². The van der Waals surface area contributed by atoms with Crippen molar-refractivity contribution in [3.05, 3.63) is 0 Å². The van der Waals surface area contributed by atoms with Gasteiger partial charge < -0.3 is 0 Å². The van der Waals surface area contributed by atoms with E-state index in [-0.39, 0.29) is 0 Å². The van der Waals surface area contributed by atoms with Gasteiger partial charge in [-0.05, 0) is 36.5 Å². The molecule has 9 heavy (non-hydrogen) atoms. The Morgan fingerprint density at radius 1 is 1.56 bits per heavy atom. The highest BCUT2D eigenvalue weighted by Gasteiger charge is 2.58. The van der Waals surface area contributed by atoms with Crippen LogP contribution in [-0.4, -0.2) is 0 Å². The maximum Gasteiger partial charge on any atom is -0.0266 e. The lowest BCUT2D eigenvalue weighted by Gasteiger charge is -2.04. The van der Waals surface area contributed by atoms with Gasteiger partial charge in [0.1, 0.15) is 0 Å². The van der Waals surface area contributed by atoms with E-state index in [0.29, 0.717) is 0 Å². The molecule has 0 bridgehead atoms. The Balaban J connectivity index is 2.08. The summed E-state index contributed by atoms with van der Waals surface area (Å²) in [5, 5.41) is 0. The van der Waals surface area contributed by atoms with Crippen LogP contribution in [0.3, 0.4) is 0 Å². The van der Waals surface area contributed by atoms with Gasteiger partial charge in [0.15, 0.2) is 0 Å². The maximum atomic E-state index is 2.43. The van der Waals surface area contributed by atoms with Crippen LogP contribution >= 0.6 is 0 Å². The molecular formula is C9H16. The summed E-state index contributed by atoms with van der Waals surface area (Å²) in [6, 6.07) is 0. The van der Waals surface area contributed by atoms with Gasteiger partial charge in [0.25, 0.3) is 0 Å². The SMILES string of the molecule is CCC12CCC(C)C1C2. The normalized spacial score (nSPS) is 55.3. The first-order chi connectivity index (χ1) is 4.28. The van der Waals surface area contributed by atoms with Crippen LogP contribution in [0.25, 0.3) is 0 Å². The van der Waals surface area contributed by atoms with Gasteiger partial charge in [-0.3, -0.25) is 0 Å². The lowest BCUT2D eigenvalue weighted by molar-refractivity contribution is 0.468. The third kappa shape index (κ3) is 0.595. The quantitative estimate of drug-likeness (QED) is 0.504. The van der Waals surface area contributed by atoms with E-state index in [9.17, 15) is 0 Å². The maximum absolute atomic E-state index is 2.43. The van der Waals surface area contributed by atoms with Crippen LogP contribution in [0.2, 0.25) is 0 Å². The number of hydrogen-bond acceptors (Lipinski definition) is 0. The van der Waals surface area contributed by atoms with E-state index < -0.39 is 0 Å². The molecule has 52 valence electrons. The van der Waals surface area contributed by atoms with E-state index in [2.05, 4.69) is 13.8 Å². The Labute approximate surface area is 57.6 Å². The minimum Gasteiger partial charge on any atom is -0.0648 e. The second-order valence-corrected chi connectivity index (χ2v) is 4.04. The minimum absolute atomic E-state index is 0.874. The van der Waals surface area contributed by atoms with Crippen molar-refractivity contribution >= 4 is 0 Å². The van der Waals surface area contributed by atoms with Crippen molar-refractivity contribution in [3.8, 4) is 0 Å². The van der Waals surface area contributed by atoms with Gasteiger partial charge in [0.2, 0.25) is 0 Å². The van der Waals surface area contributed by atoms with Gasteiger partial charge in [-0.1, -0.05) is 20.3 Å². The molecule has 0 spiro atoms. The molecule has 2 rings (SSSR count). The van der Waals surface area contributed by atoms with Crippen LogP contribution in [0.5, 0.6) is 0 Å². The summed E-state index contributed by atoms with van der Waals surface area (Å²) in [7, 11) is 0. The third-order valence-electron chi connectivity index (χ3n) is 3.74. The van der Waals surface area contributed by atoms with Gasteiger partial charge in [-0.15, -0.1) is 0 Å². The fourth-order valence-electron chi connectivity index (χ4n) is 2.77. The fourth-order valence-corrected chi connectivity index (χ4v) is 2.77. The smallest absolute Gasteiger partial charge is 0.0266 e. The molecule has 0 amide bonds. The molecule has 0 heteroatoms. The molecule has 2 aliphatic carbocycles. The first-order valence-corrected chi connectivity index (χ1v) is 4.28. The molecule has 0 aromatic heterocycles. The summed E-state index contributed by atoms with van der Waals surface area (Å²) >= 11 is 0. The minimum atomic E-state index is 0.874. The second kappa shape index (κ2) is 1.53. The Morgan fingerprint density at radius 2 is 2.33 bits per heavy atom. The lowest BCUT2D eigenvalue weighted by atomic mass is 10.0. The highest BCUT2D eigenvalue weighted by atomic mass is 14.6. The molecule has 3 unspecified atom stereocenters. The van der Waals surface area contributed by atoms with E-state index in [1.807, 2.05) is 0 Å². The van der Waals surface area contributed by atoms with Gasteiger partial charge in [-0.2, -0.15) is 0 Å². The van der Waals surface area contributed by atoms with E-state index in [4.69, 9.17) is 0 Å². The molecular weight excluding hydrogens is 108 g/mol. The number of hydrogen-bond donors (Lipinski definition) is 0. The van der Waals surface area contributed by atoms with Crippen molar-refractivity contribution in [1.29, 1.82) is 0 Å². The largest absolute Gasteiger partial charge is 0.0648 e. The number of rotatable bonds is 1. The Hall–Kier alpha value is 0. The van der Waals surface area contributed by atoms with Gasteiger partial charge in [-0.25, -0.2) is 0 Å². The molecule has 0 nitrogen and oxygen atoms in total. The average molecular weight is 124 g/mol. The zero-order chi connectivity index (χ0) is 6.48. The molecule has 0 radical (unpaired) electrons. The summed E-state index contributed by atoms with van der Waals surface area (Å²) in [4.78, 5) is 0. The number of fused-ring (bicyclic) bond motifs is 1. The van der Waals surface area contributed by atoms with Crippen LogP contribution in [0.1, 0.15) is 39.5 Å². The summed E-state index contributed by atoms with van der Waals surface area (Å²) in [6.45, 7) is 4.78. The van der Waals surface area contributed by atoms with E-state index in [1.165, 1.54) is 19.3 Å². The molecule has 2 saturated carbocycles. The highest BCUT2D eigenvalue weighted by molar-refractivity contribution is 5.07. The predicted molar refractivity (Wildman–Crippen MR) is 39.2 cm³/mol. The highest BCUT2D eigenvalue weighted by Crippen LogP contribution is 2.67. The van der Waals surface area contributed by atoms with Gasteiger partial charge in [0.05, 0.1) is 0 Å². The monoisotopic (exact) mass is 124 g/mol. The third-order valence-corrected chi connectivity index (χ3v) is 3.74. The van der Waals surface area contributed by atoms with Crippen molar-refractivity contribution in [2.24, 2.45) is 17.3 Å². The zero-order valence-electron chi connectivity index (χ0n) is 6.48. The first-order valence-electron chi connectivity index (χ1n) is 4.28. The molecule has 3 atom stereocenters. The molecule has 0 aliphatic heterocycles. The molecule has 0 aromatic rings. The van der Waals surface area contributed by atoms with E-state index in [1.54, 1.807) is 6.42 Å². The molecule has 0 saturated heterocycles. The molecule has 0 heterocycles. The zero-order valence-corrected chi connectivity index (χ0v) is 6.48.